The van der Waals surface area contributed by atoms with Gasteiger partial charge in [-0.2, -0.15) is 0 Å². The Kier molecular flexibility index (Phi) is 6.15. The van der Waals surface area contributed by atoms with E-state index in [2.05, 4.69) is 0 Å². The molecule has 6 atom stereocenters. The van der Waals surface area contributed by atoms with Crippen LogP contribution in [0.4, 0.5) is 4.39 Å². The van der Waals surface area contributed by atoms with Gasteiger partial charge in [0.05, 0.1) is 6.61 Å². The summed E-state index contributed by atoms with van der Waals surface area (Å²) >= 11 is 0. The van der Waals surface area contributed by atoms with Crippen molar-refractivity contribution in [3.05, 3.63) is 35.9 Å². The third-order valence-corrected chi connectivity index (χ3v) is 4.12. The lowest BCUT2D eigenvalue weighted by atomic mass is 9.98. The molecule has 2 fully saturated rings. The van der Waals surface area contributed by atoms with E-state index in [-0.39, 0.29) is 13.4 Å². The molecule has 0 amide bonds. The number of hydrogen-bond acceptors (Lipinski definition) is 6. The van der Waals surface area contributed by atoms with Gasteiger partial charge in [0.15, 0.2) is 18.8 Å². The van der Waals surface area contributed by atoms with Gasteiger partial charge in [-0.05, 0) is 6.92 Å². The van der Waals surface area contributed by atoms with Crippen molar-refractivity contribution in [1.82, 2.24) is 0 Å². The van der Waals surface area contributed by atoms with E-state index < -0.39 is 37.1 Å². The van der Waals surface area contributed by atoms with E-state index >= 15 is 0 Å². The molecular formula is C17H23FO6. The van der Waals surface area contributed by atoms with Crippen LogP contribution in [0.3, 0.4) is 0 Å². The molecule has 2 heterocycles. The zero-order valence-electron chi connectivity index (χ0n) is 13.8. The average molecular weight is 341 g/mol. The standard InChI is InChI=1S/C17H23FO6/c1-3-20-10-22-15-13(18)17(19-2)23-12-9-21-16(24-14(12)15)11-7-5-4-6-8-11/h4-8,12-17H,3,9-10H2,1-2H3/t12-,13-,14-,15-,16?,17-/m1/s1/i18-1. The van der Waals surface area contributed by atoms with Crippen LogP contribution in [-0.4, -0.2) is 57.9 Å². The minimum Gasteiger partial charge on any atom is -0.356 e. The van der Waals surface area contributed by atoms with Crippen LogP contribution in [0.15, 0.2) is 30.3 Å². The minimum atomic E-state index is -1.48. The van der Waals surface area contributed by atoms with E-state index in [1.807, 2.05) is 37.3 Å². The molecule has 0 bridgehead atoms. The zero-order valence-corrected chi connectivity index (χ0v) is 13.8. The first-order chi connectivity index (χ1) is 11.7. The highest BCUT2D eigenvalue weighted by Crippen LogP contribution is 2.36. The summed E-state index contributed by atoms with van der Waals surface area (Å²) in [6.07, 6.45) is -5.00. The Bertz CT molecular complexity index is 501. The first kappa shape index (κ1) is 17.7. The first-order valence-electron chi connectivity index (χ1n) is 8.08. The van der Waals surface area contributed by atoms with Crippen LogP contribution < -0.4 is 0 Å². The number of methoxy groups -OCH3 is 1. The van der Waals surface area contributed by atoms with Crippen molar-refractivity contribution in [2.75, 3.05) is 27.1 Å². The van der Waals surface area contributed by atoms with Crippen LogP contribution in [0.25, 0.3) is 0 Å². The molecule has 0 N–H and O–H groups in total. The summed E-state index contributed by atoms with van der Waals surface area (Å²) in [5.74, 6) is 0. The number of rotatable bonds is 6. The monoisotopic (exact) mass is 341 g/mol. The highest BCUT2D eigenvalue weighted by atomic mass is 18.2. The van der Waals surface area contributed by atoms with Gasteiger partial charge in [0.1, 0.15) is 25.1 Å². The summed E-state index contributed by atoms with van der Waals surface area (Å²) in [6, 6.07) is 9.50. The van der Waals surface area contributed by atoms with E-state index in [1.54, 1.807) is 0 Å². The number of alkyl halides is 1. The van der Waals surface area contributed by atoms with Gasteiger partial charge in [0.2, 0.25) is 0 Å². The van der Waals surface area contributed by atoms with Crippen molar-refractivity contribution in [2.45, 2.75) is 44.0 Å². The van der Waals surface area contributed by atoms with E-state index in [0.29, 0.717) is 6.61 Å². The maximum absolute atomic E-state index is 14.7. The molecule has 3 rings (SSSR count). The molecule has 6 nitrogen and oxygen atoms in total. The number of benzene rings is 1. The van der Waals surface area contributed by atoms with Crippen molar-refractivity contribution in [3.63, 3.8) is 0 Å². The van der Waals surface area contributed by atoms with Crippen molar-refractivity contribution < 1.29 is 32.8 Å². The molecule has 2 saturated heterocycles. The van der Waals surface area contributed by atoms with Crippen LogP contribution in [0, 0.1) is 0 Å². The topological polar surface area (TPSA) is 55.4 Å². The molecule has 0 spiro atoms. The van der Waals surface area contributed by atoms with E-state index in [4.69, 9.17) is 28.4 Å². The van der Waals surface area contributed by atoms with Crippen LogP contribution in [0.2, 0.25) is 0 Å². The van der Waals surface area contributed by atoms with Crippen molar-refractivity contribution in [2.24, 2.45) is 0 Å². The quantitative estimate of drug-likeness (QED) is 0.584. The Morgan fingerprint density at radius 3 is 2.71 bits per heavy atom. The maximum atomic E-state index is 14.7. The van der Waals surface area contributed by atoms with Gasteiger partial charge in [-0.3, -0.25) is 0 Å². The van der Waals surface area contributed by atoms with Gasteiger partial charge < -0.3 is 28.4 Å². The average Bonchev–Trinajstić information content (AvgIpc) is 2.63. The second-order valence-electron chi connectivity index (χ2n) is 5.64. The van der Waals surface area contributed by atoms with Crippen molar-refractivity contribution in [3.8, 4) is 0 Å². The zero-order chi connectivity index (χ0) is 16.9. The lowest BCUT2D eigenvalue weighted by Gasteiger charge is -2.46. The Hall–Kier alpha value is -1.09. The summed E-state index contributed by atoms with van der Waals surface area (Å²) in [7, 11) is 1.40. The van der Waals surface area contributed by atoms with Crippen LogP contribution in [-0.2, 0) is 28.4 Å². The number of fused-ring (bicyclic) bond motifs is 1. The molecule has 2 aliphatic heterocycles. The van der Waals surface area contributed by atoms with E-state index in [0.717, 1.165) is 5.56 Å². The summed E-state index contributed by atoms with van der Waals surface area (Å²) in [5.41, 5.74) is 0.865. The molecule has 1 aromatic rings. The highest BCUT2D eigenvalue weighted by molar-refractivity contribution is 5.16. The SMILES string of the molecule is CCOCO[C@@H]1[C@@H]([18F])[C@H](OC)O[C@@H]2COC(c3ccccc3)O[C@@H]12. The molecule has 24 heavy (non-hydrogen) atoms. The molecule has 2 aliphatic rings. The van der Waals surface area contributed by atoms with E-state index in [9.17, 15) is 4.39 Å². The first-order valence-corrected chi connectivity index (χ1v) is 8.08. The second kappa shape index (κ2) is 8.33. The smallest absolute Gasteiger partial charge is 0.191 e. The summed E-state index contributed by atoms with van der Waals surface area (Å²) < 4.78 is 47.8. The van der Waals surface area contributed by atoms with Gasteiger partial charge in [0.25, 0.3) is 0 Å². The Morgan fingerprint density at radius 2 is 2.00 bits per heavy atom. The summed E-state index contributed by atoms with van der Waals surface area (Å²) in [5, 5.41) is 0. The highest BCUT2D eigenvalue weighted by Gasteiger charge is 2.51. The fraction of sp³-hybridized carbons (Fsp3) is 0.647. The minimum absolute atomic E-state index is 0.0124. The fourth-order valence-electron chi connectivity index (χ4n) is 2.90. The molecule has 0 aliphatic carbocycles. The molecule has 0 radical (unpaired) electrons. The predicted molar refractivity (Wildman–Crippen MR) is 81.9 cm³/mol. The molecular weight excluding hydrogens is 318 g/mol. The van der Waals surface area contributed by atoms with Crippen LogP contribution >= 0.6 is 0 Å². The molecule has 134 valence electrons. The van der Waals surface area contributed by atoms with Gasteiger partial charge in [-0.25, -0.2) is 4.39 Å². The largest absolute Gasteiger partial charge is 0.356 e. The third kappa shape index (κ3) is 3.77. The molecule has 0 saturated carbocycles. The normalized spacial score (nSPS) is 36.3. The Morgan fingerprint density at radius 1 is 1.21 bits per heavy atom. The van der Waals surface area contributed by atoms with Crippen molar-refractivity contribution in [1.29, 1.82) is 0 Å². The lowest BCUT2D eigenvalue weighted by Crippen LogP contribution is -2.61. The number of hydrogen-bond donors (Lipinski definition) is 0. The summed E-state index contributed by atoms with van der Waals surface area (Å²) in [6.45, 7) is 2.59. The van der Waals surface area contributed by atoms with Gasteiger partial charge in [-0.15, -0.1) is 0 Å². The van der Waals surface area contributed by atoms with Crippen LogP contribution in [0.5, 0.6) is 0 Å². The number of ether oxygens (including phenoxy) is 6. The van der Waals surface area contributed by atoms with E-state index in [1.165, 1.54) is 7.11 Å². The Labute approximate surface area is 140 Å². The lowest BCUT2D eigenvalue weighted by molar-refractivity contribution is -0.359. The van der Waals surface area contributed by atoms with Crippen LogP contribution in [0.1, 0.15) is 18.8 Å². The number of halogens is 1. The molecule has 1 unspecified atom stereocenters. The molecule has 7 heteroatoms. The maximum Gasteiger partial charge on any atom is 0.191 e. The molecule has 1 aromatic carbocycles. The predicted octanol–water partition coefficient (Wildman–Crippen LogP) is 2.19. The van der Waals surface area contributed by atoms with Crippen molar-refractivity contribution >= 4 is 0 Å². The fourth-order valence-corrected chi connectivity index (χ4v) is 2.90. The van der Waals surface area contributed by atoms with Gasteiger partial charge in [0, 0.05) is 19.3 Å². The third-order valence-electron chi connectivity index (χ3n) is 4.12. The van der Waals surface area contributed by atoms with Gasteiger partial charge in [-0.1, -0.05) is 30.3 Å². The molecule has 0 aromatic heterocycles. The second-order valence-corrected chi connectivity index (χ2v) is 5.64. The summed E-state index contributed by atoms with van der Waals surface area (Å²) in [4.78, 5) is 0. The van der Waals surface area contributed by atoms with Gasteiger partial charge >= 0.3 is 0 Å². The Balaban J connectivity index is 1.73.